The van der Waals surface area contributed by atoms with Crippen molar-refractivity contribution in [1.82, 2.24) is 0 Å². The van der Waals surface area contributed by atoms with Crippen LogP contribution in [-0.2, 0) is 0 Å². The lowest BCUT2D eigenvalue weighted by atomic mass is 9.77. The first-order valence-electron chi connectivity index (χ1n) is 8.33. The van der Waals surface area contributed by atoms with E-state index in [0.717, 1.165) is 23.4 Å². The van der Waals surface area contributed by atoms with Crippen LogP contribution in [0.25, 0.3) is 0 Å². The van der Waals surface area contributed by atoms with Gasteiger partial charge in [-0.15, -0.1) is 0 Å². The summed E-state index contributed by atoms with van der Waals surface area (Å²) in [7, 11) is 0. The van der Waals surface area contributed by atoms with E-state index in [4.69, 9.17) is 27.9 Å². The number of anilines is 1. The van der Waals surface area contributed by atoms with Crippen LogP contribution in [0.5, 0.6) is 5.75 Å². The fraction of sp³-hybridized carbons (Fsp3) is 0.300. The largest absolute Gasteiger partial charge is 0.494 e. The molecule has 0 bridgehead atoms. The third kappa shape index (κ3) is 2.58. The molecular weight excluding hydrogens is 341 g/mol. The minimum atomic E-state index is 0.154. The molecule has 1 aliphatic heterocycles. The fourth-order valence-electron chi connectivity index (χ4n) is 3.90. The van der Waals surface area contributed by atoms with Crippen molar-refractivity contribution < 1.29 is 4.74 Å². The molecule has 4 rings (SSSR count). The molecule has 0 fully saturated rings. The Balaban J connectivity index is 1.77. The maximum Gasteiger partial charge on any atom is 0.119 e. The van der Waals surface area contributed by atoms with Gasteiger partial charge in [0.25, 0.3) is 0 Å². The first-order valence-corrected chi connectivity index (χ1v) is 9.08. The highest BCUT2D eigenvalue weighted by molar-refractivity contribution is 6.42. The number of allylic oxidation sites excluding steroid dienone is 2. The second-order valence-electron chi connectivity index (χ2n) is 6.30. The van der Waals surface area contributed by atoms with Gasteiger partial charge >= 0.3 is 0 Å². The standard InChI is InChI=1S/C20H19Cl2NO/c1-2-24-12-9-10-18-16(11-12)13-5-3-6-14(13)20(23-18)15-7-4-8-17(21)19(15)22/h3-5,7-11,13-14,20,23H,2,6H2,1H3/t13-,14+,20+/m1/s1. The molecule has 0 saturated heterocycles. The second kappa shape index (κ2) is 6.34. The number of fused-ring (bicyclic) bond motifs is 3. The quantitative estimate of drug-likeness (QED) is 0.656. The lowest BCUT2D eigenvalue weighted by Crippen LogP contribution is -2.29. The van der Waals surface area contributed by atoms with Crippen LogP contribution in [0.4, 0.5) is 5.69 Å². The summed E-state index contributed by atoms with van der Waals surface area (Å²) in [5.41, 5.74) is 3.52. The van der Waals surface area contributed by atoms with Gasteiger partial charge in [-0.05, 0) is 54.7 Å². The maximum absolute atomic E-state index is 6.50. The molecule has 1 N–H and O–H groups in total. The average Bonchev–Trinajstić information content (AvgIpc) is 3.07. The number of hydrogen-bond acceptors (Lipinski definition) is 2. The number of halogens is 2. The van der Waals surface area contributed by atoms with E-state index in [1.165, 1.54) is 5.56 Å². The molecular formula is C20H19Cl2NO. The predicted molar refractivity (Wildman–Crippen MR) is 100 cm³/mol. The summed E-state index contributed by atoms with van der Waals surface area (Å²) >= 11 is 12.7. The van der Waals surface area contributed by atoms with Gasteiger partial charge in [0.15, 0.2) is 0 Å². The Morgan fingerprint density at radius 3 is 2.88 bits per heavy atom. The van der Waals surface area contributed by atoms with Gasteiger partial charge in [-0.1, -0.05) is 47.5 Å². The van der Waals surface area contributed by atoms with Crippen molar-refractivity contribution in [3.63, 3.8) is 0 Å². The van der Waals surface area contributed by atoms with Gasteiger partial charge in [-0.25, -0.2) is 0 Å². The summed E-state index contributed by atoms with van der Waals surface area (Å²) in [6.07, 6.45) is 5.61. The number of rotatable bonds is 3. The fourth-order valence-corrected chi connectivity index (χ4v) is 4.32. The molecule has 0 saturated carbocycles. The lowest BCUT2D eigenvalue weighted by molar-refractivity contribution is 0.338. The smallest absolute Gasteiger partial charge is 0.119 e. The number of nitrogens with one attached hydrogen (secondary N) is 1. The Morgan fingerprint density at radius 2 is 2.04 bits per heavy atom. The van der Waals surface area contributed by atoms with Crippen molar-refractivity contribution in [3.05, 3.63) is 69.7 Å². The van der Waals surface area contributed by atoms with Crippen molar-refractivity contribution in [3.8, 4) is 5.75 Å². The second-order valence-corrected chi connectivity index (χ2v) is 7.09. The van der Waals surface area contributed by atoms with Gasteiger partial charge < -0.3 is 10.1 Å². The van der Waals surface area contributed by atoms with Crippen LogP contribution in [0.3, 0.4) is 0 Å². The van der Waals surface area contributed by atoms with Crippen LogP contribution in [0.2, 0.25) is 10.0 Å². The summed E-state index contributed by atoms with van der Waals surface area (Å²) in [6.45, 7) is 2.68. The highest BCUT2D eigenvalue weighted by Gasteiger charge is 2.38. The molecule has 0 unspecified atom stereocenters. The van der Waals surface area contributed by atoms with E-state index in [9.17, 15) is 0 Å². The molecule has 4 heteroatoms. The van der Waals surface area contributed by atoms with Crippen LogP contribution in [-0.4, -0.2) is 6.61 Å². The van der Waals surface area contributed by atoms with Gasteiger partial charge in [0.05, 0.1) is 22.7 Å². The summed E-state index contributed by atoms with van der Waals surface area (Å²) < 4.78 is 5.68. The average molecular weight is 360 g/mol. The third-order valence-electron chi connectivity index (χ3n) is 4.96. The molecule has 1 heterocycles. The zero-order chi connectivity index (χ0) is 16.7. The normalized spacial score (nSPS) is 24.2. The van der Waals surface area contributed by atoms with E-state index >= 15 is 0 Å². The Bertz CT molecular complexity index is 802. The van der Waals surface area contributed by atoms with Crippen LogP contribution in [0, 0.1) is 5.92 Å². The molecule has 124 valence electrons. The van der Waals surface area contributed by atoms with Gasteiger partial charge in [-0.3, -0.25) is 0 Å². The van der Waals surface area contributed by atoms with E-state index in [1.807, 2.05) is 25.1 Å². The maximum atomic E-state index is 6.50. The van der Waals surface area contributed by atoms with Crippen LogP contribution >= 0.6 is 23.2 Å². The van der Waals surface area contributed by atoms with Crippen molar-refractivity contribution in [2.24, 2.45) is 5.92 Å². The van der Waals surface area contributed by atoms with Crippen LogP contribution in [0.1, 0.15) is 36.4 Å². The van der Waals surface area contributed by atoms with E-state index < -0.39 is 0 Å². The topological polar surface area (TPSA) is 21.3 Å². The molecule has 0 radical (unpaired) electrons. The SMILES string of the molecule is CCOc1ccc2c(c1)[C@@H]1C=CC[C@@H]1[C@@H](c1cccc(Cl)c1Cl)N2. The molecule has 2 aliphatic rings. The minimum absolute atomic E-state index is 0.154. The molecule has 1 aliphatic carbocycles. The monoisotopic (exact) mass is 359 g/mol. The van der Waals surface area contributed by atoms with Gasteiger partial charge in [0, 0.05) is 11.6 Å². The Labute approximate surface area is 152 Å². The van der Waals surface area contributed by atoms with Crippen molar-refractivity contribution in [2.75, 3.05) is 11.9 Å². The number of benzene rings is 2. The molecule has 24 heavy (non-hydrogen) atoms. The number of ether oxygens (including phenoxy) is 1. The highest BCUT2D eigenvalue weighted by Crippen LogP contribution is 2.51. The Hall–Kier alpha value is -1.64. The van der Waals surface area contributed by atoms with E-state index in [1.54, 1.807) is 0 Å². The molecule has 0 amide bonds. The van der Waals surface area contributed by atoms with Crippen molar-refractivity contribution in [2.45, 2.75) is 25.3 Å². The lowest BCUT2D eigenvalue weighted by Gasteiger charge is -2.38. The van der Waals surface area contributed by atoms with E-state index in [0.29, 0.717) is 28.5 Å². The van der Waals surface area contributed by atoms with Gasteiger partial charge in [0.2, 0.25) is 0 Å². The van der Waals surface area contributed by atoms with Crippen LogP contribution in [0.15, 0.2) is 48.6 Å². The predicted octanol–water partition coefficient (Wildman–Crippen LogP) is 6.22. The summed E-state index contributed by atoms with van der Waals surface area (Å²) in [5, 5.41) is 4.94. The van der Waals surface area contributed by atoms with Gasteiger partial charge in [0.1, 0.15) is 5.75 Å². The van der Waals surface area contributed by atoms with Crippen molar-refractivity contribution >= 4 is 28.9 Å². The molecule has 0 spiro atoms. The summed E-state index contributed by atoms with van der Waals surface area (Å²) in [5.74, 6) is 1.74. The highest BCUT2D eigenvalue weighted by atomic mass is 35.5. The van der Waals surface area contributed by atoms with Gasteiger partial charge in [-0.2, -0.15) is 0 Å². The Kier molecular flexibility index (Phi) is 4.19. The summed E-state index contributed by atoms with van der Waals surface area (Å²) in [6, 6.07) is 12.3. The first kappa shape index (κ1) is 15.9. The van der Waals surface area contributed by atoms with E-state index in [-0.39, 0.29) is 6.04 Å². The third-order valence-corrected chi connectivity index (χ3v) is 5.80. The number of hydrogen-bond donors (Lipinski definition) is 1. The minimum Gasteiger partial charge on any atom is -0.494 e. The Morgan fingerprint density at radius 1 is 1.17 bits per heavy atom. The molecule has 3 atom stereocenters. The first-order chi connectivity index (χ1) is 11.7. The van der Waals surface area contributed by atoms with E-state index in [2.05, 4.69) is 35.7 Å². The molecule has 2 aromatic carbocycles. The van der Waals surface area contributed by atoms with Crippen LogP contribution < -0.4 is 10.1 Å². The molecule has 0 aromatic heterocycles. The summed E-state index contributed by atoms with van der Waals surface area (Å²) in [4.78, 5) is 0. The van der Waals surface area contributed by atoms with Crippen molar-refractivity contribution in [1.29, 1.82) is 0 Å². The molecule has 2 aromatic rings. The molecule has 2 nitrogen and oxygen atoms in total. The zero-order valence-electron chi connectivity index (χ0n) is 13.4. The zero-order valence-corrected chi connectivity index (χ0v) is 14.9.